The Morgan fingerprint density at radius 1 is 1.13 bits per heavy atom. The predicted octanol–water partition coefficient (Wildman–Crippen LogP) is 2.51. The summed E-state index contributed by atoms with van der Waals surface area (Å²) in [5.41, 5.74) is 0.555. The van der Waals surface area contributed by atoms with Gasteiger partial charge in [0.15, 0.2) is 0 Å². The van der Waals surface area contributed by atoms with Gasteiger partial charge in [0.25, 0.3) is 11.8 Å². The number of aryl methyl sites for hydroxylation is 1. The largest absolute Gasteiger partial charge is 0.333 e. The van der Waals surface area contributed by atoms with Crippen LogP contribution in [0, 0.1) is 0 Å². The van der Waals surface area contributed by atoms with Crippen LogP contribution in [0.3, 0.4) is 0 Å². The van der Waals surface area contributed by atoms with Crippen LogP contribution >= 0.6 is 11.6 Å². The first-order chi connectivity index (χ1) is 14.8. The van der Waals surface area contributed by atoms with Crippen molar-refractivity contribution in [2.45, 2.75) is 32.9 Å². The highest BCUT2D eigenvalue weighted by Crippen LogP contribution is 2.24. The summed E-state index contributed by atoms with van der Waals surface area (Å²) in [4.78, 5) is 33.7. The van der Waals surface area contributed by atoms with Gasteiger partial charge in [-0.3, -0.25) is 14.3 Å². The summed E-state index contributed by atoms with van der Waals surface area (Å²) in [6.07, 6.45) is 3.29. The summed E-state index contributed by atoms with van der Waals surface area (Å²) < 4.78 is 3.25. The maximum atomic E-state index is 13.2. The van der Waals surface area contributed by atoms with E-state index in [-0.39, 0.29) is 17.6 Å². The number of piperazine rings is 1. The number of benzene rings is 1. The van der Waals surface area contributed by atoms with Crippen LogP contribution in [0.15, 0.2) is 42.9 Å². The van der Waals surface area contributed by atoms with Crippen molar-refractivity contribution in [2.24, 2.45) is 0 Å². The second kappa shape index (κ2) is 8.14. The van der Waals surface area contributed by atoms with E-state index in [9.17, 15) is 9.59 Å². The molecule has 0 bridgehead atoms. The second-order valence-electron chi connectivity index (χ2n) is 8.05. The van der Waals surface area contributed by atoms with Gasteiger partial charge in [-0.05, 0) is 45.0 Å². The summed E-state index contributed by atoms with van der Waals surface area (Å²) in [5.74, 6) is -0.293. The number of carbonyl (C=O) groups excluding carboxylic acids is 2. The third kappa shape index (κ3) is 4.18. The fourth-order valence-electron chi connectivity index (χ4n) is 3.74. The van der Waals surface area contributed by atoms with E-state index < -0.39 is 5.54 Å². The molecule has 1 aliphatic heterocycles. The minimum absolute atomic E-state index is 0.106. The van der Waals surface area contributed by atoms with Crippen LogP contribution in [0.1, 0.15) is 41.9 Å². The summed E-state index contributed by atoms with van der Waals surface area (Å²) in [7, 11) is 0. The van der Waals surface area contributed by atoms with E-state index in [4.69, 9.17) is 11.6 Å². The zero-order valence-electron chi connectivity index (χ0n) is 17.7. The summed E-state index contributed by atoms with van der Waals surface area (Å²) >= 11 is 6.04. The lowest BCUT2D eigenvalue weighted by Gasteiger charge is -2.46. The highest BCUT2D eigenvalue weighted by molar-refractivity contribution is 6.30. The summed E-state index contributed by atoms with van der Waals surface area (Å²) in [6.45, 7) is 7.74. The molecule has 2 aromatic heterocycles. The molecule has 1 aliphatic rings. The Labute approximate surface area is 185 Å². The summed E-state index contributed by atoms with van der Waals surface area (Å²) in [6, 6.07) is 8.89. The number of amides is 2. The van der Waals surface area contributed by atoms with Crippen molar-refractivity contribution in [1.29, 1.82) is 0 Å². The van der Waals surface area contributed by atoms with Gasteiger partial charge in [0, 0.05) is 37.4 Å². The van der Waals surface area contributed by atoms with Crippen LogP contribution in [0.5, 0.6) is 0 Å². The number of hydrogen-bond donors (Lipinski definition) is 0. The average Bonchev–Trinajstić information content (AvgIpc) is 3.42. The second-order valence-corrected chi connectivity index (χ2v) is 8.48. The molecule has 9 nitrogen and oxygen atoms in total. The number of hydrogen-bond acceptors (Lipinski definition) is 5. The molecule has 0 radical (unpaired) electrons. The van der Waals surface area contributed by atoms with Gasteiger partial charge in [0.2, 0.25) is 5.82 Å². The molecule has 31 heavy (non-hydrogen) atoms. The Morgan fingerprint density at radius 2 is 1.94 bits per heavy atom. The van der Waals surface area contributed by atoms with Gasteiger partial charge in [-0.2, -0.15) is 5.10 Å². The van der Waals surface area contributed by atoms with E-state index in [1.165, 1.54) is 11.0 Å². The van der Waals surface area contributed by atoms with E-state index in [0.29, 0.717) is 36.9 Å². The van der Waals surface area contributed by atoms with Crippen LogP contribution in [-0.4, -0.2) is 71.3 Å². The molecule has 0 spiro atoms. The minimum Gasteiger partial charge on any atom is -0.333 e. The minimum atomic E-state index is -0.584. The molecule has 4 rings (SSSR count). The molecule has 1 aromatic carbocycles. The van der Waals surface area contributed by atoms with Crippen LogP contribution in [0.2, 0.25) is 5.02 Å². The van der Waals surface area contributed by atoms with Crippen molar-refractivity contribution in [3.05, 3.63) is 59.4 Å². The molecule has 3 aromatic rings. The molecule has 2 amide bonds. The Morgan fingerprint density at radius 3 is 2.61 bits per heavy atom. The van der Waals surface area contributed by atoms with Gasteiger partial charge in [-0.15, -0.1) is 5.10 Å². The van der Waals surface area contributed by atoms with E-state index in [0.717, 1.165) is 5.69 Å². The SMILES string of the molecule is CCn1ccc(C(=O)N2CCN(C(=O)c3ncn(-c4cccc(Cl)c4)n3)C(C)(C)C2)n1. The van der Waals surface area contributed by atoms with E-state index in [1.54, 1.807) is 38.9 Å². The maximum Gasteiger partial charge on any atom is 0.294 e. The number of halogens is 1. The highest BCUT2D eigenvalue weighted by Gasteiger charge is 2.40. The lowest BCUT2D eigenvalue weighted by molar-refractivity contribution is 0.0158. The first-order valence-corrected chi connectivity index (χ1v) is 10.5. The fraction of sp³-hybridized carbons (Fsp3) is 0.381. The third-order valence-corrected chi connectivity index (χ3v) is 5.61. The molecular formula is C21H24ClN7O2. The van der Waals surface area contributed by atoms with Crippen molar-refractivity contribution in [3.63, 3.8) is 0 Å². The van der Waals surface area contributed by atoms with E-state index in [1.807, 2.05) is 32.9 Å². The Balaban J connectivity index is 1.48. The zero-order chi connectivity index (χ0) is 22.2. The number of aromatic nitrogens is 5. The van der Waals surface area contributed by atoms with Gasteiger partial charge in [0.05, 0.1) is 11.2 Å². The van der Waals surface area contributed by atoms with Crippen molar-refractivity contribution in [2.75, 3.05) is 19.6 Å². The van der Waals surface area contributed by atoms with E-state index in [2.05, 4.69) is 15.2 Å². The Kier molecular flexibility index (Phi) is 5.53. The molecule has 162 valence electrons. The topological polar surface area (TPSA) is 89.2 Å². The van der Waals surface area contributed by atoms with Crippen LogP contribution < -0.4 is 0 Å². The van der Waals surface area contributed by atoms with Gasteiger partial charge < -0.3 is 9.80 Å². The molecule has 1 fully saturated rings. The lowest BCUT2D eigenvalue weighted by Crippen LogP contribution is -2.62. The molecule has 10 heteroatoms. The average molecular weight is 442 g/mol. The van der Waals surface area contributed by atoms with Gasteiger partial charge in [-0.1, -0.05) is 17.7 Å². The zero-order valence-corrected chi connectivity index (χ0v) is 18.5. The molecule has 3 heterocycles. The smallest absolute Gasteiger partial charge is 0.294 e. The predicted molar refractivity (Wildman–Crippen MR) is 115 cm³/mol. The summed E-state index contributed by atoms with van der Waals surface area (Å²) in [5, 5.41) is 9.22. The first kappa shape index (κ1) is 21.0. The van der Waals surface area contributed by atoms with Crippen LogP contribution in [-0.2, 0) is 6.54 Å². The van der Waals surface area contributed by atoms with Gasteiger partial charge >= 0.3 is 0 Å². The normalized spacial score (nSPS) is 15.9. The Hall–Kier alpha value is -3.20. The molecule has 1 saturated heterocycles. The molecule has 0 saturated carbocycles. The molecule has 0 atom stereocenters. The van der Waals surface area contributed by atoms with Gasteiger partial charge in [0.1, 0.15) is 12.0 Å². The molecule has 0 N–H and O–H groups in total. The standard InChI is InChI=1S/C21H24ClN7O2/c1-4-27-9-8-17(24-27)19(30)26-10-11-28(21(2,3)13-26)20(31)18-23-14-29(25-18)16-7-5-6-15(22)12-16/h5-9,12,14H,4,10-11,13H2,1-3H3. The monoisotopic (exact) mass is 441 g/mol. The van der Waals surface area contributed by atoms with Crippen LogP contribution in [0.25, 0.3) is 5.69 Å². The first-order valence-electron chi connectivity index (χ1n) is 10.1. The van der Waals surface area contributed by atoms with Crippen LogP contribution in [0.4, 0.5) is 0 Å². The number of nitrogens with zero attached hydrogens (tertiary/aromatic N) is 7. The van der Waals surface area contributed by atoms with Crippen molar-refractivity contribution >= 4 is 23.4 Å². The van der Waals surface area contributed by atoms with Crippen molar-refractivity contribution < 1.29 is 9.59 Å². The molecule has 0 unspecified atom stereocenters. The Bertz CT molecular complexity index is 1120. The molecular weight excluding hydrogens is 418 g/mol. The number of rotatable bonds is 4. The number of carbonyl (C=O) groups is 2. The van der Waals surface area contributed by atoms with Gasteiger partial charge in [-0.25, -0.2) is 9.67 Å². The third-order valence-electron chi connectivity index (χ3n) is 5.37. The van der Waals surface area contributed by atoms with Crippen molar-refractivity contribution in [1.82, 2.24) is 34.3 Å². The molecule has 0 aliphatic carbocycles. The quantitative estimate of drug-likeness (QED) is 0.620. The highest BCUT2D eigenvalue weighted by atomic mass is 35.5. The lowest BCUT2D eigenvalue weighted by atomic mass is 9.98. The fourth-order valence-corrected chi connectivity index (χ4v) is 3.93. The van der Waals surface area contributed by atoms with E-state index >= 15 is 0 Å². The van der Waals surface area contributed by atoms with Crippen molar-refractivity contribution in [3.8, 4) is 5.69 Å². The maximum absolute atomic E-state index is 13.2.